The molecule has 0 aliphatic carbocycles. The number of hydrogen-bond acceptors (Lipinski definition) is 7. The molecule has 20 heavy (non-hydrogen) atoms. The van der Waals surface area contributed by atoms with E-state index in [2.05, 4.69) is 15.9 Å². The molecule has 0 aliphatic rings. The Hall–Kier alpha value is -2.94. The van der Waals surface area contributed by atoms with E-state index >= 15 is 0 Å². The predicted octanol–water partition coefficient (Wildman–Crippen LogP) is 0.798. The third-order valence-electron chi connectivity index (χ3n) is 2.54. The number of hydrogen-bond donors (Lipinski definition) is 3. The Labute approximate surface area is 112 Å². The Morgan fingerprint density at radius 2 is 2.25 bits per heavy atom. The smallest absolute Gasteiger partial charge is 0.294 e. The molecule has 1 heterocycles. The van der Waals surface area contributed by atoms with Crippen LogP contribution in [0, 0.1) is 10.1 Å². The van der Waals surface area contributed by atoms with Crippen molar-refractivity contribution in [2.24, 2.45) is 5.84 Å². The van der Waals surface area contributed by atoms with Gasteiger partial charge in [0, 0.05) is 12.1 Å². The monoisotopic (exact) mass is 277 g/mol. The second kappa shape index (κ2) is 5.80. The van der Waals surface area contributed by atoms with E-state index < -0.39 is 10.8 Å². The minimum absolute atomic E-state index is 0.0485. The molecule has 9 nitrogen and oxygen atoms in total. The molecule has 9 heteroatoms. The summed E-state index contributed by atoms with van der Waals surface area (Å²) in [5.74, 6) is 5.20. The number of para-hydroxylation sites is 1. The van der Waals surface area contributed by atoms with Crippen molar-refractivity contribution in [1.82, 2.24) is 10.5 Å². The van der Waals surface area contributed by atoms with E-state index in [0.717, 1.165) is 0 Å². The van der Waals surface area contributed by atoms with Crippen LogP contribution >= 0.6 is 0 Å². The van der Waals surface area contributed by atoms with Gasteiger partial charge >= 0.3 is 0 Å². The van der Waals surface area contributed by atoms with E-state index in [1.165, 1.54) is 24.4 Å². The quantitative estimate of drug-likeness (QED) is 0.417. The van der Waals surface area contributed by atoms with E-state index in [-0.39, 0.29) is 23.5 Å². The average Bonchev–Trinajstić information content (AvgIpc) is 2.97. The van der Waals surface area contributed by atoms with Crippen molar-refractivity contribution in [2.75, 3.05) is 5.43 Å². The maximum absolute atomic E-state index is 12.0. The van der Waals surface area contributed by atoms with Crippen LogP contribution in [0.5, 0.6) is 0 Å². The fourth-order valence-corrected chi connectivity index (χ4v) is 1.63. The van der Waals surface area contributed by atoms with Gasteiger partial charge in [-0.3, -0.25) is 20.8 Å². The van der Waals surface area contributed by atoms with Gasteiger partial charge in [0.15, 0.2) is 5.76 Å². The summed E-state index contributed by atoms with van der Waals surface area (Å²) >= 11 is 0. The van der Waals surface area contributed by atoms with Gasteiger partial charge in [-0.1, -0.05) is 11.2 Å². The SMILES string of the molecule is NNc1c(C(=O)NCc2ccno2)cccc1[N+](=O)[O-]. The number of hydrazine groups is 1. The molecule has 0 saturated heterocycles. The average molecular weight is 277 g/mol. The fourth-order valence-electron chi connectivity index (χ4n) is 1.63. The molecule has 104 valence electrons. The minimum atomic E-state index is -0.623. The van der Waals surface area contributed by atoms with Crippen LogP contribution in [0.3, 0.4) is 0 Å². The summed E-state index contributed by atoms with van der Waals surface area (Å²) < 4.78 is 4.83. The third kappa shape index (κ3) is 2.72. The number of rotatable bonds is 5. The van der Waals surface area contributed by atoms with Crippen LogP contribution in [0.15, 0.2) is 35.0 Å². The van der Waals surface area contributed by atoms with Crippen LogP contribution in [0.1, 0.15) is 16.1 Å². The van der Waals surface area contributed by atoms with Crippen molar-refractivity contribution in [1.29, 1.82) is 0 Å². The van der Waals surface area contributed by atoms with Gasteiger partial charge in [-0.2, -0.15) is 0 Å². The highest BCUT2D eigenvalue weighted by Crippen LogP contribution is 2.27. The molecule has 0 aliphatic heterocycles. The summed E-state index contributed by atoms with van der Waals surface area (Å²) in [5.41, 5.74) is 1.93. The van der Waals surface area contributed by atoms with Crippen LogP contribution in [0.4, 0.5) is 11.4 Å². The number of nitrogen functional groups attached to an aromatic ring is 1. The zero-order valence-corrected chi connectivity index (χ0v) is 10.2. The Kier molecular flexibility index (Phi) is 3.91. The molecular weight excluding hydrogens is 266 g/mol. The third-order valence-corrected chi connectivity index (χ3v) is 2.54. The van der Waals surface area contributed by atoms with Gasteiger partial charge in [0.05, 0.1) is 23.2 Å². The normalized spacial score (nSPS) is 10.1. The second-order valence-electron chi connectivity index (χ2n) is 3.76. The number of amides is 1. The van der Waals surface area contributed by atoms with Crippen LogP contribution < -0.4 is 16.6 Å². The molecule has 0 spiro atoms. The van der Waals surface area contributed by atoms with Crippen molar-refractivity contribution < 1.29 is 14.2 Å². The van der Waals surface area contributed by atoms with Crippen LogP contribution in [0.25, 0.3) is 0 Å². The molecule has 1 amide bonds. The van der Waals surface area contributed by atoms with E-state index in [4.69, 9.17) is 10.4 Å². The number of nitro groups is 1. The molecule has 0 saturated carbocycles. The van der Waals surface area contributed by atoms with Crippen LogP contribution in [-0.4, -0.2) is 16.0 Å². The van der Waals surface area contributed by atoms with E-state index in [1.807, 2.05) is 0 Å². The lowest BCUT2D eigenvalue weighted by atomic mass is 10.1. The van der Waals surface area contributed by atoms with Gasteiger partial charge in [0.2, 0.25) is 0 Å². The Balaban J connectivity index is 2.21. The summed E-state index contributed by atoms with van der Waals surface area (Å²) in [6.45, 7) is 0.117. The zero-order valence-electron chi connectivity index (χ0n) is 10.2. The maximum atomic E-state index is 12.0. The Bertz CT molecular complexity index is 626. The summed E-state index contributed by atoms with van der Waals surface area (Å²) in [7, 11) is 0. The highest BCUT2D eigenvalue weighted by Gasteiger charge is 2.20. The van der Waals surface area contributed by atoms with Crippen molar-refractivity contribution in [3.8, 4) is 0 Å². The summed E-state index contributed by atoms with van der Waals surface area (Å²) in [6.07, 6.45) is 1.45. The van der Waals surface area contributed by atoms with Gasteiger partial charge in [-0.05, 0) is 6.07 Å². The first-order chi connectivity index (χ1) is 9.63. The predicted molar refractivity (Wildman–Crippen MR) is 68.6 cm³/mol. The van der Waals surface area contributed by atoms with Crippen molar-refractivity contribution in [2.45, 2.75) is 6.54 Å². The number of benzene rings is 1. The van der Waals surface area contributed by atoms with Gasteiger partial charge in [0.25, 0.3) is 11.6 Å². The number of carbonyl (C=O) groups is 1. The number of nitrogens with zero attached hydrogens (tertiary/aromatic N) is 2. The highest BCUT2D eigenvalue weighted by atomic mass is 16.6. The molecule has 4 N–H and O–H groups in total. The molecule has 0 bridgehead atoms. The first-order valence-corrected chi connectivity index (χ1v) is 5.55. The molecule has 1 aromatic carbocycles. The van der Waals surface area contributed by atoms with E-state index in [9.17, 15) is 14.9 Å². The maximum Gasteiger partial charge on any atom is 0.294 e. The summed E-state index contributed by atoms with van der Waals surface area (Å²) in [6, 6.07) is 5.68. The molecule has 1 aromatic heterocycles. The molecule has 2 aromatic rings. The second-order valence-corrected chi connectivity index (χ2v) is 3.76. The summed E-state index contributed by atoms with van der Waals surface area (Å²) in [5, 5.41) is 16.9. The van der Waals surface area contributed by atoms with E-state index in [0.29, 0.717) is 5.76 Å². The lowest BCUT2D eigenvalue weighted by Crippen LogP contribution is -2.25. The molecule has 0 fully saturated rings. The topological polar surface area (TPSA) is 136 Å². The molecule has 0 unspecified atom stereocenters. The van der Waals surface area contributed by atoms with Crippen molar-refractivity contribution >= 4 is 17.3 Å². The van der Waals surface area contributed by atoms with Crippen molar-refractivity contribution in [3.63, 3.8) is 0 Å². The van der Waals surface area contributed by atoms with Gasteiger partial charge < -0.3 is 15.3 Å². The largest absolute Gasteiger partial charge is 0.360 e. The Morgan fingerprint density at radius 1 is 1.45 bits per heavy atom. The van der Waals surface area contributed by atoms with Crippen LogP contribution in [0.2, 0.25) is 0 Å². The zero-order chi connectivity index (χ0) is 14.5. The number of carbonyl (C=O) groups excluding carboxylic acids is 1. The fraction of sp³-hybridized carbons (Fsp3) is 0.0909. The van der Waals surface area contributed by atoms with E-state index in [1.54, 1.807) is 6.07 Å². The molecule has 0 radical (unpaired) electrons. The van der Waals surface area contributed by atoms with Crippen LogP contribution in [-0.2, 0) is 6.54 Å². The lowest BCUT2D eigenvalue weighted by Gasteiger charge is -2.09. The standard InChI is InChI=1S/C11H11N5O4/c12-15-10-8(2-1-3-9(10)16(18)19)11(17)13-6-7-4-5-14-20-7/h1-5,15H,6,12H2,(H,13,17). The molecular formula is C11H11N5O4. The summed E-state index contributed by atoms with van der Waals surface area (Å²) in [4.78, 5) is 22.2. The lowest BCUT2D eigenvalue weighted by molar-refractivity contribution is -0.384. The number of nitrogens with two attached hydrogens (primary N) is 1. The highest BCUT2D eigenvalue weighted by molar-refractivity contribution is 6.01. The minimum Gasteiger partial charge on any atom is -0.360 e. The number of anilines is 1. The molecule has 2 rings (SSSR count). The Morgan fingerprint density at radius 3 is 2.85 bits per heavy atom. The first-order valence-electron chi connectivity index (χ1n) is 5.55. The molecule has 0 atom stereocenters. The number of aromatic nitrogens is 1. The van der Waals surface area contributed by atoms with Gasteiger partial charge in [-0.15, -0.1) is 0 Å². The number of nitro benzene ring substituents is 1. The van der Waals surface area contributed by atoms with Gasteiger partial charge in [0.1, 0.15) is 5.69 Å². The first kappa shape index (κ1) is 13.5. The van der Waals surface area contributed by atoms with Crippen molar-refractivity contribution in [3.05, 3.63) is 51.9 Å². The number of nitrogens with one attached hydrogen (secondary N) is 2. The van der Waals surface area contributed by atoms with Gasteiger partial charge in [-0.25, -0.2) is 0 Å².